The third-order valence-electron chi connectivity index (χ3n) is 5.75. The number of halogens is 1. The molecule has 7 heteroatoms. The third-order valence-corrected chi connectivity index (χ3v) is 7.14. The molecule has 2 aliphatic heterocycles. The summed E-state index contributed by atoms with van der Waals surface area (Å²) in [5, 5.41) is 13.9. The van der Waals surface area contributed by atoms with Crippen molar-refractivity contribution in [1.82, 2.24) is 10.2 Å². The molecule has 1 aromatic carbocycles. The van der Waals surface area contributed by atoms with E-state index in [4.69, 9.17) is 4.74 Å². The van der Waals surface area contributed by atoms with Gasteiger partial charge in [-0.05, 0) is 91.5 Å². The summed E-state index contributed by atoms with van der Waals surface area (Å²) in [5.74, 6) is -0.508. The van der Waals surface area contributed by atoms with E-state index < -0.39 is 12.1 Å². The second kappa shape index (κ2) is 8.45. The first-order chi connectivity index (χ1) is 12.9. The second-order valence-corrected chi connectivity index (χ2v) is 8.35. The van der Waals surface area contributed by atoms with Gasteiger partial charge in [-0.1, -0.05) is 0 Å². The van der Waals surface area contributed by atoms with Crippen molar-refractivity contribution in [3.8, 4) is 0 Å². The SMILES string of the molecule is CCOC(=O)[C@@H](O)c1c(C)c2c(c(C)c1I)CN(C1CCNCC1)C(=O)C2. The molecular weight excluding hydrogens is 459 g/mol. The second-order valence-electron chi connectivity index (χ2n) is 7.27. The summed E-state index contributed by atoms with van der Waals surface area (Å²) < 4.78 is 5.87. The predicted octanol–water partition coefficient (Wildman–Crippen LogP) is 2.14. The molecule has 148 valence electrons. The largest absolute Gasteiger partial charge is 0.464 e. The van der Waals surface area contributed by atoms with Crippen LogP contribution in [-0.4, -0.2) is 47.6 Å². The number of carbonyl (C=O) groups is 2. The number of amides is 1. The molecule has 0 bridgehead atoms. The molecule has 0 spiro atoms. The van der Waals surface area contributed by atoms with Gasteiger partial charge in [0, 0.05) is 21.7 Å². The lowest BCUT2D eigenvalue weighted by Crippen LogP contribution is -2.48. The van der Waals surface area contributed by atoms with Gasteiger partial charge in [-0.25, -0.2) is 4.79 Å². The lowest BCUT2D eigenvalue weighted by Gasteiger charge is -2.39. The van der Waals surface area contributed by atoms with Crippen LogP contribution >= 0.6 is 22.6 Å². The highest BCUT2D eigenvalue weighted by Crippen LogP contribution is 2.37. The molecule has 1 amide bonds. The van der Waals surface area contributed by atoms with E-state index in [9.17, 15) is 14.7 Å². The van der Waals surface area contributed by atoms with Crippen molar-refractivity contribution in [2.75, 3.05) is 19.7 Å². The molecule has 27 heavy (non-hydrogen) atoms. The minimum Gasteiger partial charge on any atom is -0.464 e. The Balaban J connectivity index is 1.99. The van der Waals surface area contributed by atoms with Gasteiger partial charge in [0.25, 0.3) is 0 Å². The lowest BCUT2D eigenvalue weighted by atomic mass is 9.85. The molecule has 0 unspecified atom stereocenters. The third kappa shape index (κ3) is 3.86. The number of hydrogen-bond donors (Lipinski definition) is 2. The maximum Gasteiger partial charge on any atom is 0.339 e. The van der Waals surface area contributed by atoms with Gasteiger partial charge in [-0.15, -0.1) is 0 Å². The van der Waals surface area contributed by atoms with E-state index in [1.54, 1.807) is 6.92 Å². The highest BCUT2D eigenvalue weighted by atomic mass is 127. The van der Waals surface area contributed by atoms with Crippen LogP contribution in [0.25, 0.3) is 0 Å². The van der Waals surface area contributed by atoms with Crippen LogP contribution in [-0.2, 0) is 27.3 Å². The molecule has 3 rings (SSSR count). The molecule has 2 heterocycles. The molecule has 0 radical (unpaired) electrons. The molecular formula is C20H27IN2O4. The number of nitrogens with zero attached hydrogens (tertiary/aromatic N) is 1. The Bertz CT molecular complexity index is 759. The zero-order chi connectivity index (χ0) is 19.7. The van der Waals surface area contributed by atoms with Crippen LogP contribution in [0.15, 0.2) is 0 Å². The normalized spacial score (nSPS) is 19.0. The molecule has 1 saturated heterocycles. The van der Waals surface area contributed by atoms with Gasteiger partial charge in [-0.2, -0.15) is 0 Å². The number of fused-ring (bicyclic) bond motifs is 1. The summed E-state index contributed by atoms with van der Waals surface area (Å²) in [6.07, 6.45) is 0.968. The van der Waals surface area contributed by atoms with Crippen molar-refractivity contribution in [3.05, 3.63) is 31.4 Å². The van der Waals surface area contributed by atoms with Crippen LogP contribution in [0.1, 0.15) is 53.7 Å². The smallest absolute Gasteiger partial charge is 0.339 e. The van der Waals surface area contributed by atoms with E-state index in [2.05, 4.69) is 27.9 Å². The maximum atomic E-state index is 12.9. The minimum atomic E-state index is -1.32. The molecule has 1 atom stereocenters. The Morgan fingerprint density at radius 2 is 1.96 bits per heavy atom. The van der Waals surface area contributed by atoms with Crippen molar-refractivity contribution >= 4 is 34.5 Å². The average Bonchev–Trinajstić information content (AvgIpc) is 2.67. The van der Waals surface area contributed by atoms with E-state index in [0.717, 1.165) is 51.8 Å². The highest BCUT2D eigenvalue weighted by Gasteiger charge is 2.35. The Hall–Kier alpha value is -1.19. The van der Waals surface area contributed by atoms with E-state index in [1.165, 1.54) is 0 Å². The van der Waals surface area contributed by atoms with Gasteiger partial charge in [-0.3, -0.25) is 4.79 Å². The fraction of sp³-hybridized carbons (Fsp3) is 0.600. The Labute approximate surface area is 173 Å². The Morgan fingerprint density at radius 1 is 1.30 bits per heavy atom. The monoisotopic (exact) mass is 486 g/mol. The molecule has 1 fully saturated rings. The predicted molar refractivity (Wildman–Crippen MR) is 110 cm³/mol. The highest BCUT2D eigenvalue weighted by molar-refractivity contribution is 14.1. The first kappa shape index (κ1) is 20.5. The summed E-state index contributed by atoms with van der Waals surface area (Å²) in [7, 11) is 0. The number of hydrogen-bond acceptors (Lipinski definition) is 5. The molecule has 1 aromatic rings. The molecule has 0 aliphatic carbocycles. The zero-order valence-corrected chi connectivity index (χ0v) is 18.3. The maximum absolute atomic E-state index is 12.9. The molecule has 6 nitrogen and oxygen atoms in total. The number of carbonyl (C=O) groups excluding carboxylic acids is 2. The van der Waals surface area contributed by atoms with Crippen LogP contribution < -0.4 is 5.32 Å². The van der Waals surface area contributed by atoms with Crippen LogP contribution in [0.2, 0.25) is 0 Å². The topological polar surface area (TPSA) is 78.9 Å². The number of nitrogens with one attached hydrogen (secondary N) is 1. The van der Waals surface area contributed by atoms with Crippen LogP contribution in [0.3, 0.4) is 0 Å². The number of aliphatic hydroxyl groups is 1. The summed E-state index contributed by atoms with van der Waals surface area (Å²) in [4.78, 5) is 27.0. The van der Waals surface area contributed by atoms with Crippen molar-refractivity contribution in [1.29, 1.82) is 0 Å². The molecule has 2 N–H and O–H groups in total. The first-order valence-electron chi connectivity index (χ1n) is 9.51. The summed E-state index contributed by atoms with van der Waals surface area (Å²) in [6.45, 7) is 8.34. The van der Waals surface area contributed by atoms with E-state index in [1.807, 2.05) is 18.7 Å². The lowest BCUT2D eigenvalue weighted by molar-refractivity contribution is -0.153. The van der Waals surface area contributed by atoms with E-state index in [-0.39, 0.29) is 18.6 Å². The van der Waals surface area contributed by atoms with Crippen LogP contribution in [0.5, 0.6) is 0 Å². The van der Waals surface area contributed by atoms with Crippen molar-refractivity contribution in [2.24, 2.45) is 0 Å². The number of esters is 1. The van der Waals surface area contributed by atoms with Gasteiger partial charge in [0.2, 0.25) is 5.91 Å². The van der Waals surface area contributed by atoms with Crippen molar-refractivity contribution < 1.29 is 19.4 Å². The fourth-order valence-corrected chi connectivity index (χ4v) is 5.22. The van der Waals surface area contributed by atoms with Gasteiger partial charge in [0.15, 0.2) is 6.10 Å². The van der Waals surface area contributed by atoms with Gasteiger partial charge in [0.1, 0.15) is 0 Å². The van der Waals surface area contributed by atoms with Gasteiger partial charge in [0.05, 0.1) is 13.0 Å². The summed E-state index contributed by atoms with van der Waals surface area (Å²) in [5.41, 5.74) is 4.57. The molecule has 0 aromatic heterocycles. The summed E-state index contributed by atoms with van der Waals surface area (Å²) >= 11 is 2.20. The number of piperidine rings is 1. The van der Waals surface area contributed by atoms with Crippen LogP contribution in [0.4, 0.5) is 0 Å². The Kier molecular flexibility index (Phi) is 6.43. The van der Waals surface area contributed by atoms with Crippen molar-refractivity contribution in [2.45, 2.75) is 58.7 Å². The standard InChI is InChI=1S/C20H27IN2O4/c1-4-27-20(26)19(25)17-11(2)14-9-16(24)23(13-5-7-22-8-6-13)10-15(14)12(3)18(17)21/h13,19,22,25H,4-10H2,1-3H3/t19-/m0/s1. The number of benzene rings is 1. The van der Waals surface area contributed by atoms with Gasteiger partial charge >= 0.3 is 5.97 Å². The molecule has 2 aliphatic rings. The minimum absolute atomic E-state index is 0.134. The van der Waals surface area contributed by atoms with Crippen LogP contribution in [0, 0.1) is 17.4 Å². The average molecular weight is 486 g/mol. The quantitative estimate of drug-likeness (QED) is 0.504. The van der Waals surface area contributed by atoms with E-state index in [0.29, 0.717) is 18.5 Å². The fourth-order valence-electron chi connectivity index (χ4n) is 4.19. The molecule has 0 saturated carbocycles. The summed E-state index contributed by atoms with van der Waals surface area (Å²) in [6, 6.07) is 0.286. The zero-order valence-electron chi connectivity index (χ0n) is 16.1. The number of ether oxygens (including phenoxy) is 1. The Morgan fingerprint density at radius 3 is 2.59 bits per heavy atom. The van der Waals surface area contributed by atoms with Gasteiger partial charge < -0.3 is 20.1 Å². The van der Waals surface area contributed by atoms with E-state index >= 15 is 0 Å². The number of rotatable bonds is 4. The van der Waals surface area contributed by atoms with Crippen molar-refractivity contribution in [3.63, 3.8) is 0 Å². The first-order valence-corrected chi connectivity index (χ1v) is 10.6. The number of aliphatic hydroxyl groups excluding tert-OH is 1.